The number of hydrogen-bond donors (Lipinski definition) is 1. The smallest absolute Gasteiger partial charge is 0.316 e. The first-order valence-electron chi connectivity index (χ1n) is 5.60. The molecule has 100 valence electrons. The van der Waals surface area contributed by atoms with Crippen molar-refractivity contribution in [2.45, 2.75) is 25.0 Å². The van der Waals surface area contributed by atoms with Crippen molar-refractivity contribution >= 4 is 27.8 Å². The van der Waals surface area contributed by atoms with Crippen molar-refractivity contribution in [3.8, 4) is 0 Å². The van der Waals surface area contributed by atoms with E-state index in [1.165, 1.54) is 22.3 Å². The van der Waals surface area contributed by atoms with Crippen LogP contribution in [0, 0.1) is 5.92 Å². The number of aliphatic carboxylic acids is 1. The van der Waals surface area contributed by atoms with Gasteiger partial charge in [0.2, 0.25) is 10.0 Å². The number of carbonyl (C=O) groups is 1. The normalized spacial score (nSPS) is 24.5. The Morgan fingerprint density at radius 1 is 1.59 bits per heavy atom. The summed E-state index contributed by atoms with van der Waals surface area (Å²) in [5.74, 6) is 0.163. The Labute approximate surface area is 107 Å². The Kier molecular flexibility index (Phi) is 5.27. The molecule has 1 saturated heterocycles. The maximum absolute atomic E-state index is 11.4. The van der Waals surface area contributed by atoms with Gasteiger partial charge in [-0.15, -0.1) is 11.8 Å². The van der Waals surface area contributed by atoms with Crippen LogP contribution >= 0.6 is 11.8 Å². The Bertz CT molecular complexity index is 369. The molecule has 2 atom stereocenters. The van der Waals surface area contributed by atoms with Gasteiger partial charge in [0.15, 0.2) is 0 Å². The third-order valence-electron chi connectivity index (χ3n) is 2.88. The molecular weight excluding hydrogens is 262 g/mol. The highest BCUT2D eigenvalue weighted by Gasteiger charge is 2.26. The van der Waals surface area contributed by atoms with Gasteiger partial charge in [0.05, 0.1) is 11.5 Å². The van der Waals surface area contributed by atoms with Crippen molar-refractivity contribution in [3.63, 3.8) is 0 Å². The van der Waals surface area contributed by atoms with Crippen molar-refractivity contribution in [2.75, 3.05) is 25.1 Å². The zero-order valence-electron chi connectivity index (χ0n) is 10.1. The lowest BCUT2D eigenvalue weighted by Crippen LogP contribution is -2.40. The molecule has 1 heterocycles. The average Bonchev–Trinajstić information content (AvgIpc) is 2.25. The molecule has 0 amide bonds. The van der Waals surface area contributed by atoms with Crippen LogP contribution in [0.2, 0.25) is 0 Å². The molecule has 0 spiro atoms. The summed E-state index contributed by atoms with van der Waals surface area (Å²) >= 11 is 1.38. The van der Waals surface area contributed by atoms with Crippen molar-refractivity contribution in [3.05, 3.63) is 0 Å². The lowest BCUT2D eigenvalue weighted by molar-refractivity contribution is -0.136. The van der Waals surface area contributed by atoms with Crippen molar-refractivity contribution < 1.29 is 18.3 Å². The maximum Gasteiger partial charge on any atom is 0.316 e. The second-order valence-electron chi connectivity index (χ2n) is 4.44. The monoisotopic (exact) mass is 281 g/mol. The Morgan fingerprint density at radius 3 is 2.76 bits per heavy atom. The summed E-state index contributed by atoms with van der Waals surface area (Å²) in [6.45, 7) is 2.77. The highest BCUT2D eigenvalue weighted by Crippen LogP contribution is 2.24. The van der Waals surface area contributed by atoms with Gasteiger partial charge in [-0.2, -0.15) is 0 Å². The number of carboxylic acids is 1. The van der Waals surface area contributed by atoms with Gasteiger partial charge >= 0.3 is 5.97 Å². The molecular formula is C10H19NO4S2. The van der Waals surface area contributed by atoms with Crippen LogP contribution in [-0.2, 0) is 14.8 Å². The predicted octanol–water partition coefficient (Wildman–Crippen LogP) is 0.864. The second-order valence-corrected chi connectivity index (χ2v) is 7.80. The molecule has 0 radical (unpaired) electrons. The van der Waals surface area contributed by atoms with E-state index in [0.717, 1.165) is 12.8 Å². The lowest BCUT2D eigenvalue weighted by Gasteiger charge is -2.31. The molecule has 2 unspecified atom stereocenters. The van der Waals surface area contributed by atoms with E-state index in [4.69, 9.17) is 5.11 Å². The maximum atomic E-state index is 11.4. The lowest BCUT2D eigenvalue weighted by atomic mass is 10.0. The van der Waals surface area contributed by atoms with Gasteiger partial charge in [0.25, 0.3) is 0 Å². The Hall–Kier alpha value is -0.270. The van der Waals surface area contributed by atoms with E-state index in [1.807, 2.05) is 0 Å². The fourth-order valence-corrected chi connectivity index (χ4v) is 3.73. The van der Waals surface area contributed by atoms with Crippen LogP contribution in [0.3, 0.4) is 0 Å². The summed E-state index contributed by atoms with van der Waals surface area (Å²) in [6.07, 6.45) is 3.06. The van der Waals surface area contributed by atoms with Crippen LogP contribution in [0.1, 0.15) is 19.8 Å². The molecule has 1 aliphatic rings. The minimum absolute atomic E-state index is 0.269. The van der Waals surface area contributed by atoms with Gasteiger partial charge < -0.3 is 5.11 Å². The number of rotatable bonds is 5. The van der Waals surface area contributed by atoms with Crippen LogP contribution < -0.4 is 0 Å². The van der Waals surface area contributed by atoms with Gasteiger partial charge in [0.1, 0.15) is 0 Å². The van der Waals surface area contributed by atoms with Crippen molar-refractivity contribution in [1.29, 1.82) is 0 Å². The van der Waals surface area contributed by atoms with E-state index >= 15 is 0 Å². The van der Waals surface area contributed by atoms with Crippen LogP contribution in [-0.4, -0.2) is 54.1 Å². The van der Waals surface area contributed by atoms with Crippen LogP contribution in [0.25, 0.3) is 0 Å². The molecule has 0 saturated carbocycles. The average molecular weight is 281 g/mol. The van der Waals surface area contributed by atoms with E-state index in [9.17, 15) is 13.2 Å². The Balaban J connectivity index is 2.43. The first-order valence-corrected chi connectivity index (χ1v) is 8.50. The van der Waals surface area contributed by atoms with Gasteiger partial charge in [-0.05, 0) is 31.4 Å². The van der Waals surface area contributed by atoms with E-state index in [-0.39, 0.29) is 5.92 Å². The van der Waals surface area contributed by atoms with E-state index in [2.05, 4.69) is 0 Å². The third-order valence-corrected chi connectivity index (χ3v) is 5.52. The summed E-state index contributed by atoms with van der Waals surface area (Å²) < 4.78 is 24.3. The minimum Gasteiger partial charge on any atom is -0.480 e. The number of hydrogen-bond acceptors (Lipinski definition) is 4. The summed E-state index contributed by atoms with van der Waals surface area (Å²) in [7, 11) is -3.11. The molecule has 1 fully saturated rings. The third kappa shape index (κ3) is 4.85. The highest BCUT2D eigenvalue weighted by atomic mass is 32.2. The zero-order chi connectivity index (χ0) is 13.1. The fraction of sp³-hybridized carbons (Fsp3) is 0.900. The van der Waals surface area contributed by atoms with Crippen LogP contribution in [0.5, 0.6) is 0 Å². The predicted molar refractivity (Wildman–Crippen MR) is 68.7 cm³/mol. The molecule has 0 aromatic heterocycles. The highest BCUT2D eigenvalue weighted by molar-refractivity contribution is 8.00. The minimum atomic E-state index is -3.11. The standard InChI is InChI=1S/C10H19NO4S2/c1-8(10(12)13)16-7-9-4-3-5-11(6-9)17(2,14)15/h8-9H,3-7H2,1-2H3,(H,12,13). The molecule has 1 N–H and O–H groups in total. The largest absolute Gasteiger partial charge is 0.480 e. The van der Waals surface area contributed by atoms with Crippen LogP contribution in [0.15, 0.2) is 0 Å². The van der Waals surface area contributed by atoms with Crippen molar-refractivity contribution in [2.24, 2.45) is 5.92 Å². The molecule has 0 bridgehead atoms. The van der Waals surface area contributed by atoms with E-state index in [1.54, 1.807) is 6.92 Å². The quantitative estimate of drug-likeness (QED) is 0.809. The first-order chi connectivity index (χ1) is 7.80. The van der Waals surface area contributed by atoms with Gasteiger partial charge in [-0.1, -0.05) is 0 Å². The topological polar surface area (TPSA) is 74.7 Å². The molecule has 17 heavy (non-hydrogen) atoms. The molecule has 0 aliphatic carbocycles. The molecule has 0 aromatic carbocycles. The number of nitrogens with zero attached hydrogens (tertiary/aromatic N) is 1. The van der Waals surface area contributed by atoms with Crippen molar-refractivity contribution in [1.82, 2.24) is 4.31 Å². The van der Waals surface area contributed by atoms with E-state index in [0.29, 0.717) is 18.8 Å². The summed E-state index contributed by atoms with van der Waals surface area (Å²) in [5, 5.41) is 8.34. The summed E-state index contributed by atoms with van der Waals surface area (Å²) in [6, 6.07) is 0. The van der Waals surface area contributed by atoms with Gasteiger partial charge in [-0.3, -0.25) is 4.79 Å². The van der Waals surface area contributed by atoms with Crippen LogP contribution in [0.4, 0.5) is 0 Å². The summed E-state index contributed by atoms with van der Waals surface area (Å²) in [4.78, 5) is 10.7. The fourth-order valence-electron chi connectivity index (χ4n) is 1.82. The summed E-state index contributed by atoms with van der Waals surface area (Å²) in [5.41, 5.74) is 0. The number of carboxylic acid groups (broad SMARTS) is 1. The second kappa shape index (κ2) is 6.06. The zero-order valence-corrected chi connectivity index (χ0v) is 11.8. The first kappa shape index (κ1) is 14.8. The molecule has 1 aliphatic heterocycles. The number of piperidine rings is 1. The SMILES string of the molecule is CC(SCC1CCCN(S(C)(=O)=O)C1)C(=O)O. The van der Waals surface area contributed by atoms with Gasteiger partial charge in [0, 0.05) is 13.1 Å². The number of thioether (sulfide) groups is 1. The molecule has 0 aromatic rings. The van der Waals surface area contributed by atoms with Gasteiger partial charge in [-0.25, -0.2) is 12.7 Å². The molecule has 7 heteroatoms. The molecule has 5 nitrogen and oxygen atoms in total. The van der Waals surface area contributed by atoms with E-state index < -0.39 is 21.2 Å². The number of sulfonamides is 1. The Morgan fingerprint density at radius 2 is 2.24 bits per heavy atom. The molecule has 1 rings (SSSR count).